The predicted octanol–water partition coefficient (Wildman–Crippen LogP) is 3.29. The normalized spacial score (nSPS) is 19.8. The summed E-state index contributed by atoms with van der Waals surface area (Å²) in [4.78, 5) is 13.9. The van der Waals surface area contributed by atoms with Crippen LogP contribution in [0.25, 0.3) is 0 Å². The molecule has 2 rings (SSSR count). The average Bonchev–Trinajstić information content (AvgIpc) is 2.71. The minimum absolute atomic E-state index is 0.0937. The van der Waals surface area contributed by atoms with Crippen molar-refractivity contribution in [3.05, 3.63) is 35.9 Å². The lowest BCUT2D eigenvalue weighted by atomic mass is 10.1. The summed E-state index contributed by atoms with van der Waals surface area (Å²) in [5.74, 6) is 1.01. The summed E-state index contributed by atoms with van der Waals surface area (Å²) in [5, 5.41) is 3.48. The maximum absolute atomic E-state index is 12.0. The van der Waals surface area contributed by atoms with Crippen LogP contribution in [-0.2, 0) is 0 Å². The van der Waals surface area contributed by atoms with Crippen LogP contribution in [0, 0.1) is 0 Å². The average molecular weight is 278 g/mol. The zero-order chi connectivity index (χ0) is 13.5. The molecule has 0 aliphatic carbocycles. The molecule has 1 atom stereocenters. The first-order valence-electron chi connectivity index (χ1n) is 7.00. The lowest BCUT2D eigenvalue weighted by molar-refractivity contribution is 0.201. The second-order valence-corrected chi connectivity index (χ2v) is 6.09. The Morgan fingerprint density at radius 3 is 2.89 bits per heavy atom. The summed E-state index contributed by atoms with van der Waals surface area (Å²) in [6.07, 6.45) is 2.02. The van der Waals surface area contributed by atoms with Gasteiger partial charge in [-0.3, -0.25) is 0 Å². The van der Waals surface area contributed by atoms with Crippen LogP contribution in [-0.4, -0.2) is 36.3 Å². The zero-order valence-corrected chi connectivity index (χ0v) is 12.3. The molecule has 0 saturated carbocycles. The van der Waals surface area contributed by atoms with E-state index in [1.807, 2.05) is 16.7 Å². The molecule has 0 aromatic heterocycles. The number of hydrogen-bond acceptors (Lipinski definition) is 2. The van der Waals surface area contributed by atoms with Gasteiger partial charge in [0, 0.05) is 30.6 Å². The number of nitrogens with zero attached hydrogens (tertiary/aromatic N) is 1. The van der Waals surface area contributed by atoms with Crippen molar-refractivity contribution >= 4 is 17.8 Å². The van der Waals surface area contributed by atoms with E-state index in [1.54, 1.807) is 0 Å². The fourth-order valence-corrected chi connectivity index (χ4v) is 3.48. The van der Waals surface area contributed by atoms with Crippen LogP contribution in [0.2, 0.25) is 0 Å². The third kappa shape index (κ3) is 4.16. The molecule has 1 N–H and O–H groups in total. The SMILES string of the molecule is CCCNC(=O)N1CCSC(c2ccccc2)CC1. The Hall–Kier alpha value is -1.16. The van der Waals surface area contributed by atoms with Crippen molar-refractivity contribution in [2.24, 2.45) is 0 Å². The summed E-state index contributed by atoms with van der Waals surface area (Å²) >= 11 is 1.96. The van der Waals surface area contributed by atoms with Gasteiger partial charge in [0.15, 0.2) is 0 Å². The van der Waals surface area contributed by atoms with Gasteiger partial charge in [-0.05, 0) is 18.4 Å². The highest BCUT2D eigenvalue weighted by Gasteiger charge is 2.21. The Labute approximate surface area is 119 Å². The Morgan fingerprint density at radius 2 is 2.16 bits per heavy atom. The number of carbonyl (C=O) groups excluding carboxylic acids is 1. The molecule has 2 amide bonds. The number of rotatable bonds is 3. The quantitative estimate of drug-likeness (QED) is 0.920. The molecule has 1 saturated heterocycles. The van der Waals surface area contributed by atoms with Crippen molar-refractivity contribution in [2.45, 2.75) is 25.0 Å². The topological polar surface area (TPSA) is 32.3 Å². The van der Waals surface area contributed by atoms with E-state index in [-0.39, 0.29) is 6.03 Å². The molecule has 1 aromatic carbocycles. The van der Waals surface area contributed by atoms with Crippen LogP contribution in [0.15, 0.2) is 30.3 Å². The van der Waals surface area contributed by atoms with E-state index in [1.165, 1.54) is 5.56 Å². The Kier molecular flexibility index (Phi) is 5.58. The van der Waals surface area contributed by atoms with Crippen LogP contribution in [0.3, 0.4) is 0 Å². The first-order chi connectivity index (χ1) is 9.31. The Balaban J connectivity index is 1.89. The van der Waals surface area contributed by atoms with Gasteiger partial charge in [-0.1, -0.05) is 37.3 Å². The van der Waals surface area contributed by atoms with Crippen LogP contribution in [0.1, 0.15) is 30.6 Å². The number of benzene rings is 1. The largest absolute Gasteiger partial charge is 0.338 e. The van der Waals surface area contributed by atoms with Gasteiger partial charge in [-0.2, -0.15) is 11.8 Å². The molecule has 1 fully saturated rings. The molecular weight excluding hydrogens is 256 g/mol. The van der Waals surface area contributed by atoms with Gasteiger partial charge >= 0.3 is 6.03 Å². The Bertz CT molecular complexity index is 396. The van der Waals surface area contributed by atoms with Gasteiger partial charge in [-0.15, -0.1) is 0 Å². The first-order valence-corrected chi connectivity index (χ1v) is 8.05. The second kappa shape index (κ2) is 7.43. The number of carbonyl (C=O) groups is 1. The minimum atomic E-state index is 0.0937. The number of amides is 2. The molecule has 104 valence electrons. The van der Waals surface area contributed by atoms with Gasteiger partial charge < -0.3 is 10.2 Å². The predicted molar refractivity (Wildman–Crippen MR) is 81.5 cm³/mol. The van der Waals surface area contributed by atoms with Crippen molar-refractivity contribution in [1.82, 2.24) is 10.2 Å². The minimum Gasteiger partial charge on any atom is -0.338 e. The van der Waals surface area contributed by atoms with Gasteiger partial charge in [0.2, 0.25) is 0 Å². The molecule has 1 aliphatic heterocycles. The Morgan fingerprint density at radius 1 is 1.37 bits per heavy atom. The molecule has 1 heterocycles. The second-order valence-electron chi connectivity index (χ2n) is 4.78. The van der Waals surface area contributed by atoms with Crippen LogP contribution >= 0.6 is 11.8 Å². The molecule has 4 heteroatoms. The highest BCUT2D eigenvalue weighted by Crippen LogP contribution is 2.34. The zero-order valence-electron chi connectivity index (χ0n) is 11.5. The smallest absolute Gasteiger partial charge is 0.317 e. The highest BCUT2D eigenvalue weighted by atomic mass is 32.2. The van der Waals surface area contributed by atoms with Gasteiger partial charge in [-0.25, -0.2) is 4.79 Å². The molecule has 19 heavy (non-hydrogen) atoms. The van der Waals surface area contributed by atoms with Gasteiger partial charge in [0.1, 0.15) is 0 Å². The molecular formula is C15H22N2OS. The summed E-state index contributed by atoms with van der Waals surface area (Å²) in [6.45, 7) is 4.54. The molecule has 1 unspecified atom stereocenters. The fraction of sp³-hybridized carbons (Fsp3) is 0.533. The summed E-state index contributed by atoms with van der Waals surface area (Å²) in [5.41, 5.74) is 1.38. The van der Waals surface area contributed by atoms with Gasteiger partial charge in [0.05, 0.1) is 0 Å². The van der Waals surface area contributed by atoms with Crippen LogP contribution in [0.5, 0.6) is 0 Å². The molecule has 0 radical (unpaired) electrons. The monoisotopic (exact) mass is 278 g/mol. The van der Waals surface area contributed by atoms with Crippen molar-refractivity contribution in [3.8, 4) is 0 Å². The lowest BCUT2D eigenvalue weighted by Crippen LogP contribution is -2.41. The van der Waals surface area contributed by atoms with Crippen molar-refractivity contribution < 1.29 is 4.79 Å². The summed E-state index contributed by atoms with van der Waals surface area (Å²) in [7, 11) is 0. The standard InChI is InChI=1S/C15H22N2OS/c1-2-9-16-15(18)17-10-8-14(19-12-11-17)13-6-4-3-5-7-13/h3-7,14H,2,8-12H2,1H3,(H,16,18). The molecule has 1 aliphatic rings. The van der Waals surface area contributed by atoms with Crippen LogP contribution < -0.4 is 5.32 Å². The lowest BCUT2D eigenvalue weighted by Gasteiger charge is -2.20. The van der Waals surface area contributed by atoms with E-state index in [9.17, 15) is 4.79 Å². The first kappa shape index (κ1) is 14.3. The molecule has 1 aromatic rings. The molecule has 3 nitrogen and oxygen atoms in total. The summed E-state index contributed by atoms with van der Waals surface area (Å²) < 4.78 is 0. The molecule has 0 bridgehead atoms. The van der Waals surface area contributed by atoms with E-state index in [0.717, 1.165) is 38.2 Å². The third-order valence-corrected chi connectivity index (χ3v) is 4.65. The number of thioether (sulfide) groups is 1. The van der Waals surface area contributed by atoms with E-state index in [2.05, 4.69) is 42.6 Å². The maximum Gasteiger partial charge on any atom is 0.317 e. The van der Waals surface area contributed by atoms with E-state index >= 15 is 0 Å². The van der Waals surface area contributed by atoms with Gasteiger partial charge in [0.25, 0.3) is 0 Å². The van der Waals surface area contributed by atoms with Crippen molar-refractivity contribution in [1.29, 1.82) is 0 Å². The van der Waals surface area contributed by atoms with Crippen molar-refractivity contribution in [3.63, 3.8) is 0 Å². The fourth-order valence-electron chi connectivity index (χ4n) is 2.25. The molecule has 0 spiro atoms. The number of hydrogen-bond donors (Lipinski definition) is 1. The number of nitrogens with one attached hydrogen (secondary N) is 1. The van der Waals surface area contributed by atoms with Crippen molar-refractivity contribution in [2.75, 3.05) is 25.4 Å². The van der Waals surface area contributed by atoms with Crippen LogP contribution in [0.4, 0.5) is 4.79 Å². The highest BCUT2D eigenvalue weighted by molar-refractivity contribution is 7.99. The maximum atomic E-state index is 12.0. The summed E-state index contributed by atoms with van der Waals surface area (Å²) in [6, 6.07) is 10.7. The van der Waals surface area contributed by atoms with E-state index in [0.29, 0.717) is 5.25 Å². The third-order valence-electron chi connectivity index (χ3n) is 3.33. The van der Waals surface area contributed by atoms with E-state index in [4.69, 9.17) is 0 Å². The number of urea groups is 1. The van der Waals surface area contributed by atoms with E-state index < -0.39 is 0 Å².